The van der Waals surface area contributed by atoms with Crippen molar-refractivity contribution in [1.29, 1.82) is 0 Å². The van der Waals surface area contributed by atoms with Gasteiger partial charge in [-0.1, -0.05) is 72.3 Å². The molecular formula is C31H30N4O2. The van der Waals surface area contributed by atoms with Crippen LogP contribution in [-0.4, -0.2) is 34.0 Å². The summed E-state index contributed by atoms with van der Waals surface area (Å²) in [6.45, 7) is 2.53. The predicted molar refractivity (Wildman–Crippen MR) is 145 cm³/mol. The quantitative estimate of drug-likeness (QED) is 0.383. The van der Waals surface area contributed by atoms with Crippen molar-refractivity contribution in [2.24, 2.45) is 0 Å². The molecule has 0 spiro atoms. The molecule has 0 radical (unpaired) electrons. The van der Waals surface area contributed by atoms with Gasteiger partial charge in [0.25, 0.3) is 0 Å². The molecule has 6 nitrogen and oxygen atoms in total. The Hall–Kier alpha value is -4.32. The monoisotopic (exact) mass is 490 g/mol. The lowest BCUT2D eigenvalue weighted by atomic mass is 9.97. The van der Waals surface area contributed by atoms with Crippen molar-refractivity contribution in [3.05, 3.63) is 120 Å². The second kappa shape index (κ2) is 9.62. The average Bonchev–Trinajstić information content (AvgIpc) is 3.65. The molecule has 1 unspecified atom stereocenters. The van der Waals surface area contributed by atoms with Crippen LogP contribution in [-0.2, 0) is 11.3 Å². The zero-order valence-electron chi connectivity index (χ0n) is 20.9. The summed E-state index contributed by atoms with van der Waals surface area (Å²) in [7, 11) is 0. The number of nitrogens with zero attached hydrogens (tertiary/aromatic N) is 3. The molecule has 0 saturated heterocycles. The zero-order valence-corrected chi connectivity index (χ0v) is 20.9. The van der Waals surface area contributed by atoms with E-state index in [9.17, 15) is 9.59 Å². The van der Waals surface area contributed by atoms with Gasteiger partial charge in [0.2, 0.25) is 5.91 Å². The van der Waals surface area contributed by atoms with Gasteiger partial charge in [-0.2, -0.15) is 0 Å². The number of para-hydroxylation sites is 2. The molecule has 2 aliphatic rings. The van der Waals surface area contributed by atoms with Crippen molar-refractivity contribution in [2.75, 3.05) is 11.4 Å². The highest BCUT2D eigenvalue weighted by Crippen LogP contribution is 2.42. The third-order valence-corrected chi connectivity index (χ3v) is 7.22. The lowest BCUT2D eigenvalue weighted by Gasteiger charge is -2.39. The summed E-state index contributed by atoms with van der Waals surface area (Å²) >= 11 is 0. The number of hydrogen-bond acceptors (Lipinski definition) is 2. The number of carbonyl (C=O) groups excluding carboxylic acids is 2. The second-order valence-electron chi connectivity index (χ2n) is 9.87. The maximum absolute atomic E-state index is 14.2. The summed E-state index contributed by atoms with van der Waals surface area (Å²) in [5.74, 6) is -0.0905. The van der Waals surface area contributed by atoms with Crippen LogP contribution in [0, 0.1) is 6.92 Å². The number of carbonyl (C=O) groups is 2. The van der Waals surface area contributed by atoms with Crippen LogP contribution in [0.4, 0.5) is 10.5 Å². The van der Waals surface area contributed by atoms with Gasteiger partial charge in [-0.05, 0) is 55.2 Å². The zero-order chi connectivity index (χ0) is 25.4. The average molecular weight is 491 g/mol. The number of aryl methyl sites for hydroxylation is 1. The topological polar surface area (TPSA) is 57.6 Å². The molecule has 1 N–H and O–H groups in total. The van der Waals surface area contributed by atoms with Crippen LogP contribution < -0.4 is 10.2 Å². The number of urea groups is 1. The number of amides is 3. The van der Waals surface area contributed by atoms with E-state index in [0.717, 1.165) is 41.0 Å². The maximum atomic E-state index is 14.2. The third-order valence-electron chi connectivity index (χ3n) is 7.22. The lowest BCUT2D eigenvalue weighted by Crippen LogP contribution is -2.49. The fourth-order valence-corrected chi connectivity index (χ4v) is 5.18. The number of anilines is 1. The van der Waals surface area contributed by atoms with Crippen LogP contribution in [0.15, 0.2) is 97.2 Å². The molecule has 1 aliphatic heterocycles. The normalized spacial score (nSPS) is 16.0. The van der Waals surface area contributed by atoms with Crippen LogP contribution in [0.25, 0.3) is 5.69 Å². The highest BCUT2D eigenvalue weighted by molar-refractivity contribution is 6.00. The number of nitrogens with one attached hydrogen (secondary N) is 1. The Labute approximate surface area is 217 Å². The van der Waals surface area contributed by atoms with Gasteiger partial charge < -0.3 is 14.8 Å². The maximum Gasteiger partial charge on any atom is 0.318 e. The molecule has 4 aromatic rings. The number of hydrogen-bond donors (Lipinski definition) is 1. The predicted octanol–water partition coefficient (Wildman–Crippen LogP) is 5.60. The first-order chi connectivity index (χ1) is 18.1. The molecule has 6 heteroatoms. The first-order valence-corrected chi connectivity index (χ1v) is 12.8. The van der Waals surface area contributed by atoms with Crippen LogP contribution in [0.3, 0.4) is 0 Å². The van der Waals surface area contributed by atoms with Crippen molar-refractivity contribution in [1.82, 2.24) is 14.8 Å². The van der Waals surface area contributed by atoms with Crippen molar-refractivity contribution < 1.29 is 9.59 Å². The second-order valence-corrected chi connectivity index (χ2v) is 9.87. The van der Waals surface area contributed by atoms with Crippen molar-refractivity contribution in [3.63, 3.8) is 0 Å². The van der Waals surface area contributed by atoms with Crippen molar-refractivity contribution >= 4 is 17.6 Å². The van der Waals surface area contributed by atoms with E-state index < -0.39 is 0 Å². The molecule has 2 heterocycles. The smallest absolute Gasteiger partial charge is 0.318 e. The van der Waals surface area contributed by atoms with Gasteiger partial charge in [0.05, 0.1) is 17.1 Å². The van der Waals surface area contributed by atoms with Crippen LogP contribution in [0.5, 0.6) is 0 Å². The van der Waals surface area contributed by atoms with E-state index in [4.69, 9.17) is 0 Å². The Morgan fingerprint density at radius 2 is 1.57 bits per heavy atom. The van der Waals surface area contributed by atoms with Gasteiger partial charge in [0.15, 0.2) is 0 Å². The first kappa shape index (κ1) is 23.1. The lowest BCUT2D eigenvalue weighted by molar-refractivity contribution is -0.119. The van der Waals surface area contributed by atoms with E-state index in [1.165, 1.54) is 5.56 Å². The van der Waals surface area contributed by atoms with E-state index in [0.29, 0.717) is 6.54 Å². The largest absolute Gasteiger partial charge is 0.334 e. The molecule has 3 amide bonds. The van der Waals surface area contributed by atoms with Crippen LogP contribution in [0.1, 0.15) is 41.3 Å². The standard InChI is InChI=1S/C31H30N4O2/c1-22-13-15-24(16-14-22)30-28-12-7-19-33(28)26-10-5-6-11-27(26)35(30)29(36)21-34(25-17-18-25)31(37)32-20-23-8-3-2-4-9-23/h2-16,19,25,30H,17-18,20-21H2,1H3,(H,32,37). The Morgan fingerprint density at radius 3 is 2.30 bits per heavy atom. The summed E-state index contributed by atoms with van der Waals surface area (Å²) in [6.07, 6.45) is 3.89. The Bertz CT molecular complexity index is 1420. The molecule has 1 fully saturated rings. The van der Waals surface area contributed by atoms with Gasteiger partial charge in [0, 0.05) is 18.8 Å². The molecule has 37 heavy (non-hydrogen) atoms. The minimum Gasteiger partial charge on any atom is -0.334 e. The summed E-state index contributed by atoms with van der Waals surface area (Å²) in [6, 6.07) is 29.9. The first-order valence-electron chi connectivity index (χ1n) is 12.8. The number of aromatic nitrogens is 1. The van der Waals surface area contributed by atoms with Crippen molar-refractivity contribution in [2.45, 2.75) is 38.4 Å². The molecular weight excluding hydrogens is 460 g/mol. The Balaban J connectivity index is 1.32. The van der Waals surface area contributed by atoms with Gasteiger partial charge >= 0.3 is 6.03 Å². The highest BCUT2D eigenvalue weighted by atomic mass is 16.2. The van der Waals surface area contributed by atoms with Gasteiger partial charge in [-0.25, -0.2) is 4.79 Å². The minimum absolute atomic E-state index is 0.0305. The van der Waals surface area contributed by atoms with Gasteiger partial charge in [-0.15, -0.1) is 0 Å². The summed E-state index contributed by atoms with van der Waals surface area (Å²) in [5.41, 5.74) is 6.08. The van der Waals surface area contributed by atoms with E-state index >= 15 is 0 Å². The van der Waals surface area contributed by atoms with Gasteiger partial charge in [0.1, 0.15) is 12.6 Å². The SMILES string of the molecule is Cc1ccc(C2c3cccn3-c3ccccc3N2C(=O)CN(C(=O)NCc2ccccc2)C2CC2)cc1. The summed E-state index contributed by atoms with van der Waals surface area (Å²) in [5, 5.41) is 3.02. The van der Waals surface area contributed by atoms with Crippen molar-refractivity contribution in [3.8, 4) is 5.69 Å². The molecule has 1 atom stereocenters. The minimum atomic E-state index is -0.286. The Kier molecular flexibility index (Phi) is 6.01. The summed E-state index contributed by atoms with van der Waals surface area (Å²) < 4.78 is 2.16. The number of rotatable bonds is 6. The van der Waals surface area contributed by atoms with E-state index in [1.807, 2.05) is 71.8 Å². The molecule has 1 saturated carbocycles. The van der Waals surface area contributed by atoms with Crippen LogP contribution >= 0.6 is 0 Å². The third kappa shape index (κ3) is 4.51. The number of benzene rings is 3. The molecule has 186 valence electrons. The van der Waals surface area contributed by atoms with E-state index in [-0.39, 0.29) is 30.6 Å². The van der Waals surface area contributed by atoms with E-state index in [2.05, 4.69) is 47.1 Å². The molecule has 0 bridgehead atoms. The van der Waals surface area contributed by atoms with E-state index in [1.54, 1.807) is 4.90 Å². The highest BCUT2D eigenvalue weighted by Gasteiger charge is 2.39. The Morgan fingerprint density at radius 1 is 0.865 bits per heavy atom. The fraction of sp³-hybridized carbons (Fsp3) is 0.226. The molecule has 3 aromatic carbocycles. The molecule has 1 aromatic heterocycles. The van der Waals surface area contributed by atoms with Gasteiger partial charge in [-0.3, -0.25) is 9.69 Å². The van der Waals surface area contributed by atoms with Crippen LogP contribution in [0.2, 0.25) is 0 Å². The summed E-state index contributed by atoms with van der Waals surface area (Å²) in [4.78, 5) is 31.0. The fourth-order valence-electron chi connectivity index (χ4n) is 5.18. The molecule has 6 rings (SSSR count). The number of fused-ring (bicyclic) bond motifs is 3. The molecule has 1 aliphatic carbocycles.